The van der Waals surface area contributed by atoms with Gasteiger partial charge in [0.25, 0.3) is 0 Å². The molecule has 2 atom stereocenters. The number of hydrogen-bond donors (Lipinski definition) is 0. The summed E-state index contributed by atoms with van der Waals surface area (Å²) in [5, 5.41) is 0. The van der Waals surface area contributed by atoms with E-state index in [-0.39, 0.29) is 37.1 Å². The highest BCUT2D eigenvalue weighted by atomic mass is 19.4. The van der Waals surface area contributed by atoms with E-state index in [2.05, 4.69) is 24.3 Å². The van der Waals surface area contributed by atoms with Crippen LogP contribution in [-0.4, -0.2) is 49.1 Å². The lowest BCUT2D eigenvalue weighted by atomic mass is 9.91. The molecule has 33 heavy (non-hydrogen) atoms. The van der Waals surface area contributed by atoms with E-state index in [0.717, 1.165) is 16.7 Å². The van der Waals surface area contributed by atoms with Crippen molar-refractivity contribution >= 4 is 6.09 Å². The van der Waals surface area contributed by atoms with Crippen LogP contribution >= 0.6 is 0 Å². The number of nitrogens with zero attached hydrogens (tertiary/aromatic N) is 1. The summed E-state index contributed by atoms with van der Waals surface area (Å²) >= 11 is 0. The molecule has 0 saturated carbocycles. The highest BCUT2D eigenvalue weighted by molar-refractivity contribution is 5.79. The molecule has 1 fully saturated rings. The Morgan fingerprint density at radius 1 is 1.03 bits per heavy atom. The Kier molecular flexibility index (Phi) is 5.91. The second-order valence-electron chi connectivity index (χ2n) is 8.97. The van der Waals surface area contributed by atoms with Gasteiger partial charge in [-0.15, -0.1) is 0 Å². The molecule has 2 bridgehead atoms. The third-order valence-corrected chi connectivity index (χ3v) is 6.78. The molecule has 4 nitrogen and oxygen atoms in total. The van der Waals surface area contributed by atoms with Gasteiger partial charge in [0.2, 0.25) is 0 Å². The van der Waals surface area contributed by atoms with Crippen LogP contribution < -0.4 is 0 Å². The van der Waals surface area contributed by atoms with Crippen molar-refractivity contribution in [1.29, 1.82) is 0 Å². The minimum Gasteiger partial charge on any atom is -0.448 e. The fraction of sp³-hybridized carbons (Fsp3) is 0.423. The Bertz CT molecular complexity index is 1020. The van der Waals surface area contributed by atoms with E-state index in [9.17, 15) is 18.0 Å². The van der Waals surface area contributed by atoms with Gasteiger partial charge < -0.3 is 9.47 Å². The van der Waals surface area contributed by atoms with Crippen molar-refractivity contribution in [2.24, 2.45) is 0 Å². The lowest BCUT2D eigenvalue weighted by molar-refractivity contribution is -0.135. The first kappa shape index (κ1) is 22.0. The smallest absolute Gasteiger partial charge is 0.410 e. The number of rotatable bonds is 5. The monoisotopic (exact) mass is 457 g/mol. The average molecular weight is 457 g/mol. The number of benzene rings is 2. The van der Waals surface area contributed by atoms with Crippen molar-refractivity contribution in [2.45, 2.75) is 49.9 Å². The first-order valence-electron chi connectivity index (χ1n) is 11.4. The summed E-state index contributed by atoms with van der Waals surface area (Å²) in [6, 6.07) is 15.9. The molecule has 3 aliphatic rings. The van der Waals surface area contributed by atoms with Crippen molar-refractivity contribution in [3.8, 4) is 11.1 Å². The number of morpholine rings is 1. The number of amides is 1. The highest BCUT2D eigenvalue weighted by Crippen LogP contribution is 2.44. The Labute approximate surface area is 191 Å². The highest BCUT2D eigenvalue weighted by Gasteiger charge is 2.39. The zero-order chi connectivity index (χ0) is 23.0. The molecule has 2 aromatic rings. The molecule has 1 saturated heterocycles. The quantitative estimate of drug-likeness (QED) is 0.512. The molecular formula is C26H26F3NO3. The van der Waals surface area contributed by atoms with E-state index in [1.165, 1.54) is 11.1 Å². The number of halogens is 3. The van der Waals surface area contributed by atoms with Gasteiger partial charge in [-0.25, -0.2) is 4.79 Å². The van der Waals surface area contributed by atoms with Crippen molar-refractivity contribution in [3.63, 3.8) is 0 Å². The van der Waals surface area contributed by atoms with Crippen molar-refractivity contribution in [3.05, 3.63) is 71.3 Å². The zero-order valence-electron chi connectivity index (χ0n) is 18.2. The molecule has 0 N–H and O–H groups in total. The van der Waals surface area contributed by atoms with E-state index < -0.39 is 12.6 Å². The molecular weight excluding hydrogens is 431 g/mol. The fourth-order valence-corrected chi connectivity index (χ4v) is 5.34. The van der Waals surface area contributed by atoms with Gasteiger partial charge in [0.1, 0.15) is 6.61 Å². The first-order chi connectivity index (χ1) is 15.9. The van der Waals surface area contributed by atoms with Crippen molar-refractivity contribution in [1.82, 2.24) is 4.90 Å². The summed E-state index contributed by atoms with van der Waals surface area (Å²) in [7, 11) is 0. The summed E-state index contributed by atoms with van der Waals surface area (Å²) in [5.41, 5.74) is 5.62. The van der Waals surface area contributed by atoms with Gasteiger partial charge in [0, 0.05) is 12.3 Å². The zero-order valence-corrected chi connectivity index (χ0v) is 18.2. The summed E-state index contributed by atoms with van der Waals surface area (Å²) in [6.45, 7) is 0.951. The summed E-state index contributed by atoms with van der Waals surface area (Å²) in [5.74, 6) is -0.0179. The molecule has 5 rings (SSSR count). The molecule has 1 amide bonds. The first-order valence-corrected chi connectivity index (χ1v) is 11.4. The minimum absolute atomic E-state index is 0.0179. The van der Waals surface area contributed by atoms with Gasteiger partial charge >= 0.3 is 12.3 Å². The second kappa shape index (κ2) is 8.86. The fourth-order valence-electron chi connectivity index (χ4n) is 5.34. The maximum atomic E-state index is 13.1. The number of ether oxygens (including phenoxy) is 2. The number of carbonyl (C=O) groups excluding carboxylic acids is 1. The van der Waals surface area contributed by atoms with Crippen LogP contribution in [0.15, 0.2) is 60.2 Å². The van der Waals surface area contributed by atoms with Crippen LogP contribution in [0.1, 0.15) is 42.7 Å². The number of fused-ring (bicyclic) bond motifs is 5. The van der Waals surface area contributed by atoms with Gasteiger partial charge in [-0.05, 0) is 41.5 Å². The molecule has 0 aromatic heterocycles. The largest absolute Gasteiger partial charge is 0.448 e. The van der Waals surface area contributed by atoms with Gasteiger partial charge in [-0.1, -0.05) is 60.2 Å². The Morgan fingerprint density at radius 2 is 1.70 bits per heavy atom. The van der Waals surface area contributed by atoms with Crippen LogP contribution in [0.5, 0.6) is 0 Å². The van der Waals surface area contributed by atoms with Crippen LogP contribution in [0, 0.1) is 0 Å². The Morgan fingerprint density at radius 3 is 2.33 bits per heavy atom. The molecule has 174 valence electrons. The van der Waals surface area contributed by atoms with Gasteiger partial charge in [0.05, 0.1) is 25.3 Å². The van der Waals surface area contributed by atoms with Crippen LogP contribution in [0.2, 0.25) is 0 Å². The lowest BCUT2D eigenvalue weighted by Crippen LogP contribution is -2.56. The topological polar surface area (TPSA) is 38.8 Å². The normalized spacial score (nSPS) is 21.9. The predicted octanol–water partition coefficient (Wildman–Crippen LogP) is 6.07. The molecule has 0 radical (unpaired) electrons. The number of alkyl halides is 3. The third kappa shape index (κ3) is 4.51. The maximum Gasteiger partial charge on any atom is 0.410 e. The van der Waals surface area contributed by atoms with E-state index in [1.54, 1.807) is 4.90 Å². The third-order valence-electron chi connectivity index (χ3n) is 6.78. The molecule has 0 spiro atoms. The van der Waals surface area contributed by atoms with Crippen LogP contribution in [0.3, 0.4) is 0 Å². The molecule has 2 aromatic carbocycles. The maximum absolute atomic E-state index is 13.1. The predicted molar refractivity (Wildman–Crippen MR) is 118 cm³/mol. The number of hydrogen-bond acceptors (Lipinski definition) is 3. The van der Waals surface area contributed by atoms with Crippen LogP contribution in [0.4, 0.5) is 18.0 Å². The molecule has 2 unspecified atom stereocenters. The summed E-state index contributed by atoms with van der Waals surface area (Å²) in [4.78, 5) is 14.8. The van der Waals surface area contributed by atoms with Crippen molar-refractivity contribution in [2.75, 3.05) is 19.8 Å². The van der Waals surface area contributed by atoms with Gasteiger partial charge in [-0.2, -0.15) is 13.2 Å². The molecule has 2 heterocycles. The lowest BCUT2D eigenvalue weighted by Gasteiger charge is -2.44. The van der Waals surface area contributed by atoms with E-state index in [1.807, 2.05) is 30.3 Å². The van der Waals surface area contributed by atoms with Gasteiger partial charge in [-0.3, -0.25) is 4.90 Å². The van der Waals surface area contributed by atoms with Crippen molar-refractivity contribution < 1.29 is 27.4 Å². The standard InChI is InChI=1S/C26H26F3NO3/c27-26(28,29)11-5-6-17-12-18-14-32-15-19(13-17)30(18)25(31)33-16-24-22-9-3-1-7-20(22)21-8-2-4-10-23(21)24/h1-4,7-10,12,18-19,24H,5-6,11,13-16H2. The molecule has 1 aliphatic carbocycles. The van der Waals surface area contributed by atoms with E-state index >= 15 is 0 Å². The SMILES string of the molecule is O=C(OCC1c2ccccc2-c2ccccc21)N1C2C=C(CCCC(F)(F)F)CC1COC2. The average Bonchev–Trinajstić information content (AvgIpc) is 3.10. The van der Waals surface area contributed by atoms with E-state index in [0.29, 0.717) is 26.1 Å². The Hall–Kier alpha value is -2.80. The summed E-state index contributed by atoms with van der Waals surface area (Å²) in [6.07, 6.45) is -2.42. The van der Waals surface area contributed by atoms with E-state index in [4.69, 9.17) is 9.47 Å². The second-order valence-corrected chi connectivity index (χ2v) is 8.97. The molecule has 2 aliphatic heterocycles. The van der Waals surface area contributed by atoms with Crippen LogP contribution in [-0.2, 0) is 9.47 Å². The Balaban J connectivity index is 1.26. The van der Waals surface area contributed by atoms with Gasteiger partial charge in [0.15, 0.2) is 0 Å². The number of carbonyl (C=O) groups is 1. The van der Waals surface area contributed by atoms with Crippen LogP contribution in [0.25, 0.3) is 11.1 Å². The minimum atomic E-state index is -4.14. The summed E-state index contributed by atoms with van der Waals surface area (Å²) < 4.78 is 48.9. The molecule has 7 heteroatoms.